The summed E-state index contributed by atoms with van der Waals surface area (Å²) >= 11 is 12.8. The van der Waals surface area contributed by atoms with Crippen molar-refractivity contribution >= 4 is 62.7 Å². The molecule has 1 amide bonds. The van der Waals surface area contributed by atoms with E-state index in [2.05, 4.69) is 24.3 Å². The van der Waals surface area contributed by atoms with E-state index in [1.165, 1.54) is 17.1 Å². The summed E-state index contributed by atoms with van der Waals surface area (Å²) in [6.07, 6.45) is 1.80. The van der Waals surface area contributed by atoms with Crippen LogP contribution >= 0.6 is 35.6 Å². The summed E-state index contributed by atoms with van der Waals surface area (Å²) in [5.74, 6) is 0.589. The SMILES string of the molecule is CCN1C(=O)/C(=C\c2cc(Cl)ccc2OCc2cccc3ccccc23)SC1=S. The largest absolute Gasteiger partial charge is 0.488 e. The van der Waals surface area contributed by atoms with Gasteiger partial charge in [0.15, 0.2) is 0 Å². The normalized spacial score (nSPS) is 15.5. The minimum atomic E-state index is -0.0810. The molecule has 6 heteroatoms. The van der Waals surface area contributed by atoms with Gasteiger partial charge >= 0.3 is 0 Å². The number of carbonyl (C=O) groups excluding carboxylic acids is 1. The van der Waals surface area contributed by atoms with Crippen LogP contribution in [-0.4, -0.2) is 21.7 Å². The number of benzene rings is 3. The molecule has 0 N–H and O–H groups in total. The van der Waals surface area contributed by atoms with E-state index in [-0.39, 0.29) is 5.91 Å². The van der Waals surface area contributed by atoms with Gasteiger partial charge in [-0.25, -0.2) is 0 Å². The van der Waals surface area contributed by atoms with E-state index in [9.17, 15) is 4.79 Å². The van der Waals surface area contributed by atoms with Gasteiger partial charge in [0.1, 0.15) is 16.7 Å². The first kappa shape index (κ1) is 20.0. The molecular formula is C23H18ClNO2S2. The Morgan fingerprint density at radius 1 is 1.14 bits per heavy atom. The van der Waals surface area contributed by atoms with Crippen LogP contribution in [0.3, 0.4) is 0 Å². The van der Waals surface area contributed by atoms with Crippen molar-refractivity contribution in [1.29, 1.82) is 0 Å². The van der Waals surface area contributed by atoms with Crippen molar-refractivity contribution in [3.05, 3.63) is 81.7 Å². The summed E-state index contributed by atoms with van der Waals surface area (Å²) in [4.78, 5) is 14.7. The lowest BCUT2D eigenvalue weighted by atomic mass is 10.1. The van der Waals surface area contributed by atoms with Gasteiger partial charge in [-0.2, -0.15) is 0 Å². The molecule has 0 aliphatic carbocycles. The molecule has 1 aliphatic rings. The van der Waals surface area contributed by atoms with Crippen LogP contribution in [0.25, 0.3) is 16.8 Å². The highest BCUT2D eigenvalue weighted by molar-refractivity contribution is 8.26. The molecule has 29 heavy (non-hydrogen) atoms. The van der Waals surface area contributed by atoms with E-state index in [1.54, 1.807) is 23.1 Å². The van der Waals surface area contributed by atoms with Gasteiger partial charge < -0.3 is 4.74 Å². The van der Waals surface area contributed by atoms with E-state index >= 15 is 0 Å². The highest BCUT2D eigenvalue weighted by Gasteiger charge is 2.30. The fourth-order valence-electron chi connectivity index (χ4n) is 3.25. The number of thiocarbonyl (C=S) groups is 1. The lowest BCUT2D eigenvalue weighted by Gasteiger charge is -2.12. The average molecular weight is 440 g/mol. The predicted molar refractivity (Wildman–Crippen MR) is 125 cm³/mol. The summed E-state index contributed by atoms with van der Waals surface area (Å²) in [5, 5.41) is 2.92. The van der Waals surface area contributed by atoms with Gasteiger partial charge in [-0.05, 0) is 47.5 Å². The molecule has 0 radical (unpaired) electrons. The van der Waals surface area contributed by atoms with E-state index in [0.717, 1.165) is 16.5 Å². The average Bonchev–Trinajstić information content (AvgIpc) is 2.99. The van der Waals surface area contributed by atoms with Gasteiger partial charge in [-0.15, -0.1) is 0 Å². The van der Waals surface area contributed by atoms with E-state index in [0.29, 0.717) is 33.1 Å². The molecule has 0 atom stereocenters. The summed E-state index contributed by atoms with van der Waals surface area (Å²) < 4.78 is 6.71. The fourth-order valence-corrected chi connectivity index (χ4v) is 4.81. The third-order valence-corrected chi connectivity index (χ3v) is 6.32. The van der Waals surface area contributed by atoms with Crippen LogP contribution in [0.5, 0.6) is 5.75 Å². The molecule has 1 fully saturated rings. The molecule has 4 rings (SSSR count). The van der Waals surface area contributed by atoms with Crippen molar-refractivity contribution in [2.45, 2.75) is 13.5 Å². The lowest BCUT2D eigenvalue weighted by molar-refractivity contribution is -0.121. The lowest BCUT2D eigenvalue weighted by Crippen LogP contribution is -2.27. The maximum atomic E-state index is 12.5. The Balaban J connectivity index is 1.63. The zero-order valence-electron chi connectivity index (χ0n) is 15.7. The highest BCUT2D eigenvalue weighted by Crippen LogP contribution is 2.35. The minimum Gasteiger partial charge on any atom is -0.488 e. The second-order valence-corrected chi connectivity index (χ2v) is 8.65. The van der Waals surface area contributed by atoms with Crippen LogP contribution in [0, 0.1) is 0 Å². The first-order chi connectivity index (χ1) is 14.1. The molecule has 1 aliphatic heterocycles. The van der Waals surface area contributed by atoms with Crippen molar-refractivity contribution < 1.29 is 9.53 Å². The van der Waals surface area contributed by atoms with Crippen LogP contribution in [0.15, 0.2) is 65.6 Å². The highest BCUT2D eigenvalue weighted by atomic mass is 35.5. The summed E-state index contributed by atoms with van der Waals surface area (Å²) in [5.41, 5.74) is 1.86. The standard InChI is InChI=1S/C23H18ClNO2S2/c1-2-25-22(26)21(29-23(25)28)13-17-12-18(24)10-11-20(17)27-14-16-8-5-7-15-6-3-4-9-19(15)16/h3-13H,2,14H2,1H3/b21-13+. The zero-order valence-corrected chi connectivity index (χ0v) is 18.1. The summed E-state index contributed by atoms with van der Waals surface area (Å²) in [7, 11) is 0. The quantitative estimate of drug-likeness (QED) is 0.345. The first-order valence-corrected chi connectivity index (χ1v) is 10.8. The summed E-state index contributed by atoms with van der Waals surface area (Å²) in [6, 6.07) is 19.8. The predicted octanol–water partition coefficient (Wildman–Crippen LogP) is 6.29. The topological polar surface area (TPSA) is 29.5 Å². The Bertz CT molecular complexity index is 1140. The Morgan fingerprint density at radius 2 is 1.93 bits per heavy atom. The maximum Gasteiger partial charge on any atom is 0.266 e. The van der Waals surface area contributed by atoms with Crippen molar-refractivity contribution in [3.63, 3.8) is 0 Å². The van der Waals surface area contributed by atoms with Gasteiger partial charge in [0, 0.05) is 17.1 Å². The van der Waals surface area contributed by atoms with Crippen LogP contribution < -0.4 is 4.74 Å². The Morgan fingerprint density at radius 3 is 2.72 bits per heavy atom. The minimum absolute atomic E-state index is 0.0810. The number of ether oxygens (including phenoxy) is 1. The number of rotatable bonds is 5. The maximum absolute atomic E-state index is 12.5. The fraction of sp³-hybridized carbons (Fsp3) is 0.130. The molecule has 0 unspecified atom stereocenters. The molecule has 1 heterocycles. The number of fused-ring (bicyclic) bond motifs is 1. The Kier molecular flexibility index (Phi) is 5.90. The molecule has 1 saturated heterocycles. The first-order valence-electron chi connectivity index (χ1n) is 9.21. The van der Waals surface area contributed by atoms with Crippen LogP contribution in [0.2, 0.25) is 5.02 Å². The van der Waals surface area contributed by atoms with Gasteiger partial charge in [0.2, 0.25) is 0 Å². The number of thioether (sulfide) groups is 1. The monoisotopic (exact) mass is 439 g/mol. The van der Waals surface area contributed by atoms with Crippen LogP contribution in [-0.2, 0) is 11.4 Å². The second-order valence-electron chi connectivity index (χ2n) is 6.54. The van der Waals surface area contributed by atoms with Crippen molar-refractivity contribution in [2.75, 3.05) is 6.54 Å². The molecule has 0 saturated carbocycles. The second kappa shape index (κ2) is 8.57. The Hall–Kier alpha value is -2.34. The smallest absolute Gasteiger partial charge is 0.266 e. The van der Waals surface area contributed by atoms with Gasteiger partial charge in [0.05, 0.1) is 4.91 Å². The molecule has 0 aromatic heterocycles. The number of amides is 1. The van der Waals surface area contributed by atoms with E-state index in [1.807, 2.05) is 31.2 Å². The summed E-state index contributed by atoms with van der Waals surface area (Å²) in [6.45, 7) is 2.88. The molecule has 0 bridgehead atoms. The number of carbonyl (C=O) groups is 1. The van der Waals surface area contributed by atoms with Crippen LogP contribution in [0.4, 0.5) is 0 Å². The molecule has 3 aromatic carbocycles. The van der Waals surface area contributed by atoms with E-state index in [4.69, 9.17) is 28.6 Å². The van der Waals surface area contributed by atoms with Crippen LogP contribution in [0.1, 0.15) is 18.1 Å². The molecule has 146 valence electrons. The molecule has 3 aromatic rings. The molecule has 0 spiro atoms. The van der Waals surface area contributed by atoms with Crippen molar-refractivity contribution in [1.82, 2.24) is 4.90 Å². The zero-order chi connectivity index (χ0) is 20.4. The third-order valence-electron chi connectivity index (χ3n) is 4.71. The number of likely N-dealkylation sites (N-methyl/N-ethyl adjacent to an activating group) is 1. The van der Waals surface area contributed by atoms with E-state index < -0.39 is 0 Å². The number of hydrogen-bond acceptors (Lipinski definition) is 4. The number of hydrogen-bond donors (Lipinski definition) is 0. The molecular weight excluding hydrogens is 422 g/mol. The molecule has 3 nitrogen and oxygen atoms in total. The van der Waals surface area contributed by atoms with Gasteiger partial charge in [-0.1, -0.05) is 78.0 Å². The van der Waals surface area contributed by atoms with Crippen molar-refractivity contribution in [3.8, 4) is 5.75 Å². The Labute approximate surface area is 184 Å². The van der Waals surface area contributed by atoms with Crippen molar-refractivity contribution in [2.24, 2.45) is 0 Å². The number of nitrogens with zero attached hydrogens (tertiary/aromatic N) is 1. The number of halogens is 1. The third kappa shape index (κ3) is 4.17. The van der Waals surface area contributed by atoms with Gasteiger partial charge in [-0.3, -0.25) is 9.69 Å². The van der Waals surface area contributed by atoms with Gasteiger partial charge in [0.25, 0.3) is 5.91 Å².